The molecule has 9 heteroatoms. The fourth-order valence-electron chi connectivity index (χ4n) is 4.81. The maximum absolute atomic E-state index is 13.6. The second-order valence-corrected chi connectivity index (χ2v) is 7.91. The van der Waals surface area contributed by atoms with Crippen LogP contribution in [0.1, 0.15) is 20.7 Å². The van der Waals surface area contributed by atoms with Crippen LogP contribution in [0.25, 0.3) is 0 Å². The summed E-state index contributed by atoms with van der Waals surface area (Å²) in [6.07, 6.45) is 4.87. The van der Waals surface area contributed by atoms with Crippen molar-refractivity contribution in [3.8, 4) is 0 Å². The van der Waals surface area contributed by atoms with E-state index in [0.29, 0.717) is 0 Å². The van der Waals surface area contributed by atoms with Gasteiger partial charge in [-0.15, -0.1) is 0 Å². The maximum Gasteiger partial charge on any atom is 0.339 e. The summed E-state index contributed by atoms with van der Waals surface area (Å²) in [4.78, 5) is 53.9. The Morgan fingerprint density at radius 1 is 1.00 bits per heavy atom. The minimum Gasteiger partial charge on any atom is -0.465 e. The number of amides is 2. The smallest absolute Gasteiger partial charge is 0.339 e. The molecule has 2 amide bonds. The first kappa shape index (κ1) is 20.7. The lowest BCUT2D eigenvalue weighted by molar-refractivity contribution is -0.123. The number of fused-ring (bicyclic) bond motifs is 3. The van der Waals surface area contributed by atoms with Gasteiger partial charge in [0, 0.05) is 11.8 Å². The zero-order valence-corrected chi connectivity index (χ0v) is 17.4. The Kier molecular flexibility index (Phi) is 4.88. The van der Waals surface area contributed by atoms with Gasteiger partial charge in [0.25, 0.3) is 0 Å². The predicted molar refractivity (Wildman–Crippen MR) is 115 cm³/mol. The molecule has 5 rings (SSSR count). The van der Waals surface area contributed by atoms with Crippen molar-refractivity contribution in [1.29, 1.82) is 0 Å². The zero-order chi connectivity index (χ0) is 23.3. The summed E-state index contributed by atoms with van der Waals surface area (Å²) in [5.41, 5.74) is 0.382. The Hall–Kier alpha value is -4.14. The molecule has 0 spiro atoms. The van der Waals surface area contributed by atoms with Gasteiger partial charge >= 0.3 is 5.97 Å². The van der Waals surface area contributed by atoms with E-state index in [0.717, 1.165) is 17.0 Å². The third kappa shape index (κ3) is 3.07. The fourth-order valence-corrected chi connectivity index (χ4v) is 4.81. The van der Waals surface area contributed by atoms with Gasteiger partial charge in [0.1, 0.15) is 11.9 Å². The highest BCUT2D eigenvalue weighted by Crippen LogP contribution is 2.46. The van der Waals surface area contributed by atoms with Crippen LogP contribution >= 0.6 is 0 Å². The van der Waals surface area contributed by atoms with Crippen molar-refractivity contribution in [2.75, 3.05) is 12.0 Å². The molecule has 2 aromatic carbocycles. The van der Waals surface area contributed by atoms with E-state index in [4.69, 9.17) is 4.74 Å². The number of rotatable bonds is 4. The molecule has 166 valence electrons. The molecule has 3 aliphatic heterocycles. The minimum absolute atomic E-state index is 0.0668. The molecule has 0 unspecified atom stereocenters. The van der Waals surface area contributed by atoms with Crippen LogP contribution in [-0.4, -0.2) is 54.0 Å². The molecule has 2 saturated heterocycles. The molecule has 0 radical (unpaired) electrons. The van der Waals surface area contributed by atoms with Crippen LogP contribution in [0.5, 0.6) is 0 Å². The minimum atomic E-state index is -1.06. The summed E-state index contributed by atoms with van der Waals surface area (Å²) in [6, 6.07) is 9.51. The number of para-hydroxylation sites is 1. The largest absolute Gasteiger partial charge is 0.465 e. The molecule has 0 N–H and O–H groups in total. The van der Waals surface area contributed by atoms with Crippen molar-refractivity contribution in [3.05, 3.63) is 77.6 Å². The monoisotopic (exact) mass is 447 g/mol. The Labute approximate surface area is 187 Å². The van der Waals surface area contributed by atoms with E-state index in [-0.39, 0.29) is 16.8 Å². The molecule has 3 aliphatic rings. The van der Waals surface area contributed by atoms with Gasteiger partial charge in [-0.05, 0) is 42.5 Å². The molecule has 0 aromatic heterocycles. The first-order valence-corrected chi connectivity index (χ1v) is 10.3. The number of imide groups is 1. The summed E-state index contributed by atoms with van der Waals surface area (Å²) in [6.45, 7) is 0. The number of anilines is 1. The predicted octanol–water partition coefficient (Wildman–Crippen LogP) is 2.21. The number of halogens is 1. The van der Waals surface area contributed by atoms with Gasteiger partial charge in [-0.25, -0.2) is 14.1 Å². The number of carbonyl (C=O) groups excluding carboxylic acids is 4. The first-order valence-electron chi connectivity index (χ1n) is 10.3. The normalized spacial score (nSPS) is 25.3. The van der Waals surface area contributed by atoms with Crippen LogP contribution in [0.2, 0.25) is 0 Å². The Morgan fingerprint density at radius 3 is 2.42 bits per heavy atom. The molecule has 3 heterocycles. The van der Waals surface area contributed by atoms with Crippen molar-refractivity contribution in [1.82, 2.24) is 5.01 Å². The molecule has 0 aliphatic carbocycles. The molecule has 8 nitrogen and oxygen atoms in total. The first-order chi connectivity index (χ1) is 15.9. The van der Waals surface area contributed by atoms with Crippen LogP contribution in [0.3, 0.4) is 0 Å². The van der Waals surface area contributed by atoms with E-state index in [1.165, 1.54) is 42.6 Å². The number of carbonyl (C=O) groups is 4. The number of esters is 1. The number of hydrogen-bond donors (Lipinski definition) is 0. The van der Waals surface area contributed by atoms with Crippen LogP contribution in [0.15, 0.2) is 65.8 Å². The van der Waals surface area contributed by atoms with E-state index in [1.807, 2.05) is 0 Å². The standard InChI is InChI=1S/C24H18FN3O5/c1-33-24(32)15-5-2-3-6-16(15)27-22(30)18-17-7-4-12-26-28(17)20(19(18)23(27)31)21(29)13-8-10-14(25)11-9-13/h2-12,17-20H,1H3/t17-,18-,19-,20+/m1/s1. The summed E-state index contributed by atoms with van der Waals surface area (Å²) >= 11 is 0. The zero-order valence-electron chi connectivity index (χ0n) is 17.4. The Morgan fingerprint density at radius 2 is 1.70 bits per heavy atom. The van der Waals surface area contributed by atoms with Crippen molar-refractivity contribution in [3.63, 3.8) is 0 Å². The number of Topliss-reactive ketones (excluding diaryl/α,β-unsaturated/α-hetero) is 1. The third-order valence-electron chi connectivity index (χ3n) is 6.24. The molecule has 4 atom stereocenters. The van der Waals surface area contributed by atoms with E-state index < -0.39 is 53.3 Å². The van der Waals surface area contributed by atoms with Gasteiger partial charge in [0.2, 0.25) is 11.8 Å². The summed E-state index contributed by atoms with van der Waals surface area (Å²) in [5.74, 6) is -4.63. The number of hydrazone groups is 1. The number of nitrogens with zero attached hydrogens (tertiary/aromatic N) is 3. The lowest BCUT2D eigenvalue weighted by Gasteiger charge is -2.30. The van der Waals surface area contributed by atoms with E-state index in [1.54, 1.807) is 24.3 Å². The summed E-state index contributed by atoms with van der Waals surface area (Å²) < 4.78 is 18.2. The topological polar surface area (TPSA) is 96.3 Å². The van der Waals surface area contributed by atoms with Crippen molar-refractivity contribution in [2.45, 2.75) is 12.1 Å². The Balaban J connectivity index is 1.59. The van der Waals surface area contributed by atoms with Gasteiger partial charge < -0.3 is 4.74 Å². The molecule has 33 heavy (non-hydrogen) atoms. The van der Waals surface area contributed by atoms with Gasteiger partial charge in [-0.3, -0.25) is 19.4 Å². The van der Waals surface area contributed by atoms with Crippen molar-refractivity contribution in [2.24, 2.45) is 16.9 Å². The number of methoxy groups -OCH3 is 1. The van der Waals surface area contributed by atoms with Gasteiger partial charge in [-0.2, -0.15) is 5.10 Å². The molecule has 2 fully saturated rings. The Bertz CT molecular complexity index is 1240. The maximum atomic E-state index is 13.6. The summed E-state index contributed by atoms with van der Waals surface area (Å²) in [7, 11) is 1.21. The lowest BCUT2D eigenvalue weighted by Crippen LogP contribution is -2.46. The molecular weight excluding hydrogens is 429 g/mol. The fraction of sp³-hybridized carbons (Fsp3) is 0.208. The van der Waals surface area contributed by atoms with Crippen molar-refractivity contribution < 1.29 is 28.3 Å². The lowest BCUT2D eigenvalue weighted by atomic mass is 9.86. The van der Waals surface area contributed by atoms with Crippen LogP contribution in [0, 0.1) is 17.7 Å². The number of hydrogen-bond acceptors (Lipinski definition) is 7. The van der Waals surface area contributed by atoms with Crippen LogP contribution in [-0.2, 0) is 14.3 Å². The number of ether oxygens (including phenoxy) is 1. The van der Waals surface area contributed by atoms with Gasteiger partial charge in [0.15, 0.2) is 5.78 Å². The van der Waals surface area contributed by atoms with E-state index in [2.05, 4.69) is 5.10 Å². The van der Waals surface area contributed by atoms with Gasteiger partial charge in [0.05, 0.1) is 36.2 Å². The average molecular weight is 447 g/mol. The number of benzene rings is 2. The molecule has 0 bridgehead atoms. The second kappa shape index (κ2) is 7.77. The summed E-state index contributed by atoms with van der Waals surface area (Å²) in [5, 5.41) is 5.75. The second-order valence-electron chi connectivity index (χ2n) is 7.91. The van der Waals surface area contributed by atoms with Gasteiger partial charge in [-0.1, -0.05) is 18.2 Å². The highest BCUT2D eigenvalue weighted by molar-refractivity contribution is 6.26. The van der Waals surface area contributed by atoms with Crippen LogP contribution < -0.4 is 4.90 Å². The number of allylic oxidation sites excluding steroid dienone is 1. The van der Waals surface area contributed by atoms with E-state index in [9.17, 15) is 23.6 Å². The number of ketones is 1. The highest BCUT2D eigenvalue weighted by atomic mass is 19.1. The van der Waals surface area contributed by atoms with E-state index >= 15 is 0 Å². The molecule has 2 aromatic rings. The van der Waals surface area contributed by atoms with Crippen LogP contribution in [0.4, 0.5) is 10.1 Å². The molecular formula is C24H18FN3O5. The van der Waals surface area contributed by atoms with Crippen molar-refractivity contribution >= 4 is 35.5 Å². The average Bonchev–Trinajstić information content (AvgIpc) is 3.31. The SMILES string of the molecule is COC(=O)c1ccccc1N1C(=O)[C@@H]2[C@H](C1=O)[C@H]1C=CC=NN1[C@@H]2C(=O)c1ccc(F)cc1. The molecule has 0 saturated carbocycles. The highest BCUT2D eigenvalue weighted by Gasteiger charge is 2.64. The third-order valence-corrected chi connectivity index (χ3v) is 6.24. The quantitative estimate of drug-likeness (QED) is 0.405.